The maximum Gasteiger partial charge on any atom is 0.150 e. The Hall–Kier alpha value is -1.94. The third kappa shape index (κ3) is 3.58. The van der Waals surface area contributed by atoms with E-state index in [0.29, 0.717) is 12.1 Å². The van der Waals surface area contributed by atoms with Gasteiger partial charge in [0, 0.05) is 18.8 Å². The summed E-state index contributed by atoms with van der Waals surface area (Å²) in [5.41, 5.74) is 6.69. The number of unbranched alkanes of at least 4 members (excludes halogenated alkanes) is 1. The van der Waals surface area contributed by atoms with Crippen molar-refractivity contribution in [2.24, 2.45) is 5.73 Å². The molecule has 2 aromatic rings. The molecule has 0 bridgehead atoms. The lowest BCUT2D eigenvalue weighted by atomic mass is 10.1. The zero-order chi connectivity index (χ0) is 15.2. The lowest BCUT2D eigenvalue weighted by Crippen LogP contribution is -2.21. The Kier molecular flexibility index (Phi) is 5.28. The first-order chi connectivity index (χ1) is 10.2. The van der Waals surface area contributed by atoms with Gasteiger partial charge in [-0.25, -0.2) is 8.78 Å². The Bertz CT molecular complexity index is 562. The zero-order valence-electron chi connectivity index (χ0n) is 12.2. The molecule has 0 atom stereocenters. The van der Waals surface area contributed by atoms with E-state index in [1.807, 2.05) is 37.3 Å². The van der Waals surface area contributed by atoms with E-state index in [1.54, 1.807) is 4.90 Å². The van der Waals surface area contributed by atoms with Gasteiger partial charge in [0.05, 0.1) is 0 Å². The molecule has 112 valence electrons. The van der Waals surface area contributed by atoms with Crippen LogP contribution in [0.25, 0.3) is 0 Å². The number of para-hydroxylation sites is 1. The normalized spacial score (nSPS) is 10.7. The molecule has 2 rings (SSSR count). The second-order valence-corrected chi connectivity index (χ2v) is 4.95. The number of hydrogen-bond acceptors (Lipinski definition) is 2. The largest absolute Gasteiger partial charge is 0.337 e. The van der Waals surface area contributed by atoms with Crippen LogP contribution in [-0.2, 0) is 6.54 Å². The summed E-state index contributed by atoms with van der Waals surface area (Å²) in [6, 6.07) is 11.9. The molecule has 4 heteroatoms. The molecule has 0 saturated carbocycles. The summed E-state index contributed by atoms with van der Waals surface area (Å²) in [5, 5.41) is 0. The third-order valence-electron chi connectivity index (χ3n) is 3.39. The fourth-order valence-corrected chi connectivity index (χ4v) is 2.29. The average Bonchev–Trinajstić information content (AvgIpc) is 2.50. The Morgan fingerprint density at radius 1 is 1.05 bits per heavy atom. The van der Waals surface area contributed by atoms with E-state index in [0.717, 1.165) is 18.5 Å². The van der Waals surface area contributed by atoms with Gasteiger partial charge in [-0.1, -0.05) is 31.5 Å². The van der Waals surface area contributed by atoms with Gasteiger partial charge in [-0.05, 0) is 36.2 Å². The molecule has 0 heterocycles. The smallest absolute Gasteiger partial charge is 0.150 e. The van der Waals surface area contributed by atoms with Crippen LogP contribution in [0.3, 0.4) is 0 Å². The molecule has 0 aromatic heterocycles. The molecule has 21 heavy (non-hydrogen) atoms. The van der Waals surface area contributed by atoms with E-state index in [1.165, 1.54) is 12.1 Å². The minimum Gasteiger partial charge on any atom is -0.337 e. The molecule has 0 fully saturated rings. The molecular weight excluding hydrogens is 270 g/mol. The van der Waals surface area contributed by atoms with Gasteiger partial charge in [0.1, 0.15) is 17.3 Å². The highest BCUT2D eigenvalue weighted by Crippen LogP contribution is 2.31. The molecular formula is C17H20F2N2. The highest BCUT2D eigenvalue weighted by atomic mass is 19.1. The number of nitrogens with zero attached hydrogens (tertiary/aromatic N) is 1. The fraction of sp³-hybridized carbons (Fsp3) is 0.294. The second-order valence-electron chi connectivity index (χ2n) is 4.95. The first kappa shape index (κ1) is 15.4. The second kappa shape index (κ2) is 7.18. The van der Waals surface area contributed by atoms with Gasteiger partial charge < -0.3 is 10.6 Å². The van der Waals surface area contributed by atoms with Gasteiger partial charge in [-0.15, -0.1) is 0 Å². The SMILES string of the molecule is CCCCN(c1ccccc1)c1c(F)cc(CN)cc1F. The number of benzene rings is 2. The van der Waals surface area contributed by atoms with Crippen molar-refractivity contribution in [1.29, 1.82) is 0 Å². The van der Waals surface area contributed by atoms with Gasteiger partial charge in [0.25, 0.3) is 0 Å². The van der Waals surface area contributed by atoms with Crippen LogP contribution in [0.1, 0.15) is 25.3 Å². The summed E-state index contributed by atoms with van der Waals surface area (Å²) in [5.74, 6) is -1.15. The van der Waals surface area contributed by atoms with E-state index < -0.39 is 11.6 Å². The fourth-order valence-electron chi connectivity index (χ4n) is 2.29. The maximum atomic E-state index is 14.3. The van der Waals surface area contributed by atoms with E-state index in [9.17, 15) is 8.78 Å². The first-order valence-corrected chi connectivity index (χ1v) is 7.18. The van der Waals surface area contributed by atoms with Crippen LogP contribution in [0.5, 0.6) is 0 Å². The molecule has 0 aliphatic carbocycles. The number of halogens is 2. The van der Waals surface area contributed by atoms with E-state index >= 15 is 0 Å². The molecule has 0 unspecified atom stereocenters. The van der Waals surface area contributed by atoms with Crippen molar-refractivity contribution in [3.8, 4) is 0 Å². The summed E-state index contributed by atoms with van der Waals surface area (Å²) in [6.45, 7) is 2.73. The van der Waals surface area contributed by atoms with Crippen molar-refractivity contribution in [3.05, 3.63) is 59.7 Å². The predicted molar refractivity (Wildman–Crippen MR) is 82.6 cm³/mol. The molecule has 2 aromatic carbocycles. The summed E-state index contributed by atoms with van der Waals surface area (Å²) in [6.07, 6.45) is 1.81. The molecule has 2 nitrogen and oxygen atoms in total. The van der Waals surface area contributed by atoms with Crippen molar-refractivity contribution in [2.45, 2.75) is 26.3 Å². The van der Waals surface area contributed by atoms with Crippen molar-refractivity contribution in [1.82, 2.24) is 0 Å². The average molecular weight is 290 g/mol. The number of anilines is 2. The van der Waals surface area contributed by atoms with Gasteiger partial charge in [-0.3, -0.25) is 0 Å². The Morgan fingerprint density at radius 2 is 1.67 bits per heavy atom. The van der Waals surface area contributed by atoms with Crippen LogP contribution < -0.4 is 10.6 Å². The van der Waals surface area contributed by atoms with Crippen LogP contribution in [0.2, 0.25) is 0 Å². The first-order valence-electron chi connectivity index (χ1n) is 7.18. The molecule has 0 amide bonds. The van der Waals surface area contributed by atoms with Crippen molar-refractivity contribution in [2.75, 3.05) is 11.4 Å². The van der Waals surface area contributed by atoms with E-state index in [4.69, 9.17) is 5.73 Å². The van der Waals surface area contributed by atoms with Crippen LogP contribution in [-0.4, -0.2) is 6.54 Å². The summed E-state index contributed by atoms with van der Waals surface area (Å²) < 4.78 is 28.6. The molecule has 2 N–H and O–H groups in total. The molecule has 0 aliphatic heterocycles. The number of nitrogens with two attached hydrogens (primary N) is 1. The number of hydrogen-bond donors (Lipinski definition) is 1. The minimum absolute atomic E-state index is 0.00755. The Labute approximate surface area is 124 Å². The molecule has 0 saturated heterocycles. The summed E-state index contributed by atoms with van der Waals surface area (Å²) >= 11 is 0. The van der Waals surface area contributed by atoms with Gasteiger partial charge >= 0.3 is 0 Å². The lowest BCUT2D eigenvalue weighted by Gasteiger charge is -2.26. The summed E-state index contributed by atoms with van der Waals surface area (Å²) in [4.78, 5) is 1.69. The molecule has 0 aliphatic rings. The highest BCUT2D eigenvalue weighted by Gasteiger charge is 2.19. The van der Waals surface area contributed by atoms with Crippen LogP contribution in [0.4, 0.5) is 20.2 Å². The summed E-state index contributed by atoms with van der Waals surface area (Å²) in [7, 11) is 0. The third-order valence-corrected chi connectivity index (χ3v) is 3.39. The Morgan fingerprint density at radius 3 is 2.19 bits per heavy atom. The molecule has 0 spiro atoms. The van der Waals surface area contributed by atoms with E-state index in [-0.39, 0.29) is 12.2 Å². The van der Waals surface area contributed by atoms with Gasteiger partial charge in [0.15, 0.2) is 0 Å². The van der Waals surface area contributed by atoms with Crippen LogP contribution >= 0.6 is 0 Å². The van der Waals surface area contributed by atoms with Gasteiger partial charge in [-0.2, -0.15) is 0 Å². The van der Waals surface area contributed by atoms with Crippen molar-refractivity contribution >= 4 is 11.4 Å². The van der Waals surface area contributed by atoms with Crippen molar-refractivity contribution < 1.29 is 8.78 Å². The van der Waals surface area contributed by atoms with Gasteiger partial charge in [0.2, 0.25) is 0 Å². The Balaban J connectivity index is 2.46. The minimum atomic E-state index is -0.574. The zero-order valence-corrected chi connectivity index (χ0v) is 12.2. The lowest BCUT2D eigenvalue weighted by molar-refractivity contribution is 0.574. The maximum absolute atomic E-state index is 14.3. The van der Waals surface area contributed by atoms with Crippen LogP contribution in [0, 0.1) is 11.6 Å². The molecule has 0 radical (unpaired) electrons. The standard InChI is InChI=1S/C17H20F2N2/c1-2-3-9-21(14-7-5-4-6-8-14)17-15(18)10-13(12-20)11-16(17)19/h4-8,10-11H,2-3,9,12,20H2,1H3. The topological polar surface area (TPSA) is 29.3 Å². The van der Waals surface area contributed by atoms with E-state index in [2.05, 4.69) is 0 Å². The number of rotatable bonds is 6. The quantitative estimate of drug-likeness (QED) is 0.856. The van der Waals surface area contributed by atoms with Crippen LogP contribution in [0.15, 0.2) is 42.5 Å². The van der Waals surface area contributed by atoms with Crippen molar-refractivity contribution in [3.63, 3.8) is 0 Å². The monoisotopic (exact) mass is 290 g/mol. The highest BCUT2D eigenvalue weighted by molar-refractivity contribution is 5.64. The predicted octanol–water partition coefficient (Wildman–Crippen LogP) is 4.36.